The molecule has 2 N–H and O–H groups in total. The highest BCUT2D eigenvalue weighted by Crippen LogP contribution is 2.40. The number of fused-ring (bicyclic) bond motifs is 2. The Morgan fingerprint density at radius 2 is 0.900 bits per heavy atom. The molecule has 4 aromatic rings. The minimum atomic E-state index is -0.138. The van der Waals surface area contributed by atoms with Crippen LogP contribution in [-0.4, -0.2) is 11.6 Å². The molecule has 0 atom stereocenters. The van der Waals surface area contributed by atoms with Gasteiger partial charge in [0, 0.05) is 22.5 Å². The Balaban J connectivity index is 1.65. The van der Waals surface area contributed by atoms with Crippen LogP contribution in [0.5, 0.6) is 0 Å². The molecule has 0 unspecified atom stereocenters. The molecule has 0 radical (unpaired) electrons. The highest BCUT2D eigenvalue weighted by atomic mass is 16.1. The zero-order valence-electron chi connectivity index (χ0n) is 24.4. The van der Waals surface area contributed by atoms with E-state index in [2.05, 4.69) is 76.4 Å². The first-order valence-electron chi connectivity index (χ1n) is 14.3. The fourth-order valence-corrected chi connectivity index (χ4v) is 6.07. The SMILES string of the molecule is CCCc1cc(C)c(Nc2ccc(Nc3c(C)cc(CCC)cc3C)c3c2C(=O)c2ccccc2C3=O)c(C)c1. The van der Waals surface area contributed by atoms with Crippen molar-refractivity contribution >= 4 is 34.3 Å². The maximum atomic E-state index is 14.0. The molecular formula is C36H38N2O2. The Labute approximate surface area is 237 Å². The summed E-state index contributed by atoms with van der Waals surface area (Å²) in [6.07, 6.45) is 4.23. The second-order valence-corrected chi connectivity index (χ2v) is 11.1. The summed E-state index contributed by atoms with van der Waals surface area (Å²) in [5.41, 5.74) is 12.1. The first-order chi connectivity index (χ1) is 19.2. The first kappa shape index (κ1) is 27.4. The molecule has 4 nitrogen and oxygen atoms in total. The molecule has 0 saturated carbocycles. The molecule has 0 bridgehead atoms. The minimum absolute atomic E-state index is 0.138. The van der Waals surface area contributed by atoms with E-state index in [-0.39, 0.29) is 11.6 Å². The standard InChI is InChI=1S/C36H38N2O2/c1-7-11-25-17-21(3)33(22(4)18-25)37-29-15-16-30(38-34-23(5)19-26(12-8-2)20-24(34)6)32-31(29)35(39)27-13-9-10-14-28(27)36(32)40/h9-10,13-20,37-38H,7-8,11-12H2,1-6H3. The number of hydrogen-bond donors (Lipinski definition) is 2. The third-order valence-corrected chi connectivity index (χ3v) is 7.86. The van der Waals surface area contributed by atoms with Gasteiger partial charge in [0.25, 0.3) is 0 Å². The summed E-state index contributed by atoms with van der Waals surface area (Å²) in [6.45, 7) is 12.7. The van der Waals surface area contributed by atoms with Crippen molar-refractivity contribution in [2.24, 2.45) is 0 Å². The zero-order chi connectivity index (χ0) is 28.6. The lowest BCUT2D eigenvalue weighted by atomic mass is 9.82. The summed E-state index contributed by atoms with van der Waals surface area (Å²) in [7, 11) is 0. The molecule has 40 heavy (non-hydrogen) atoms. The molecule has 0 saturated heterocycles. The van der Waals surface area contributed by atoms with Gasteiger partial charge in [-0.3, -0.25) is 9.59 Å². The molecule has 0 aromatic heterocycles. The van der Waals surface area contributed by atoms with Crippen molar-refractivity contribution < 1.29 is 9.59 Å². The second kappa shape index (κ2) is 11.1. The summed E-state index contributed by atoms with van der Waals surface area (Å²) in [6, 6.07) is 19.8. The fraction of sp³-hybridized carbons (Fsp3) is 0.278. The molecule has 0 spiro atoms. The minimum Gasteiger partial charge on any atom is -0.354 e. The van der Waals surface area contributed by atoms with Gasteiger partial charge in [-0.25, -0.2) is 0 Å². The highest BCUT2D eigenvalue weighted by molar-refractivity contribution is 6.32. The quantitative estimate of drug-likeness (QED) is 0.210. The average molecular weight is 531 g/mol. The first-order valence-corrected chi connectivity index (χ1v) is 14.3. The largest absolute Gasteiger partial charge is 0.354 e. The van der Waals surface area contributed by atoms with E-state index in [9.17, 15) is 9.59 Å². The van der Waals surface area contributed by atoms with Crippen molar-refractivity contribution in [2.45, 2.75) is 67.2 Å². The molecule has 1 aliphatic carbocycles. The Kier molecular flexibility index (Phi) is 7.62. The zero-order valence-corrected chi connectivity index (χ0v) is 24.4. The van der Waals surface area contributed by atoms with Gasteiger partial charge in [-0.15, -0.1) is 0 Å². The average Bonchev–Trinajstić information content (AvgIpc) is 2.92. The van der Waals surface area contributed by atoms with E-state index < -0.39 is 0 Å². The van der Waals surface area contributed by atoms with Crippen LogP contribution in [0, 0.1) is 27.7 Å². The number of carbonyl (C=O) groups excluding carboxylic acids is 2. The smallest absolute Gasteiger partial charge is 0.196 e. The van der Waals surface area contributed by atoms with Crippen molar-refractivity contribution in [1.82, 2.24) is 0 Å². The third-order valence-electron chi connectivity index (χ3n) is 7.86. The normalized spacial score (nSPS) is 12.2. The molecule has 1 aliphatic rings. The van der Waals surface area contributed by atoms with Crippen LogP contribution >= 0.6 is 0 Å². The highest BCUT2D eigenvalue weighted by Gasteiger charge is 2.34. The topological polar surface area (TPSA) is 58.2 Å². The molecule has 0 amide bonds. The Bertz CT molecular complexity index is 1480. The van der Waals surface area contributed by atoms with Gasteiger partial charge < -0.3 is 10.6 Å². The molecule has 4 aromatic carbocycles. The predicted molar refractivity (Wildman–Crippen MR) is 166 cm³/mol. The molecule has 0 aliphatic heterocycles. The van der Waals surface area contributed by atoms with E-state index in [4.69, 9.17) is 0 Å². The van der Waals surface area contributed by atoms with Gasteiger partial charge in [-0.1, -0.05) is 75.2 Å². The van der Waals surface area contributed by atoms with E-state index in [0.29, 0.717) is 33.6 Å². The van der Waals surface area contributed by atoms with Crippen LogP contribution in [0.15, 0.2) is 60.7 Å². The molecule has 5 rings (SSSR count). The van der Waals surface area contributed by atoms with Gasteiger partial charge in [0.1, 0.15) is 0 Å². The number of benzene rings is 4. The van der Waals surface area contributed by atoms with Gasteiger partial charge >= 0.3 is 0 Å². The van der Waals surface area contributed by atoms with E-state index in [1.54, 1.807) is 12.1 Å². The number of nitrogens with one attached hydrogen (secondary N) is 2. The molecular weight excluding hydrogens is 492 g/mol. The van der Waals surface area contributed by atoms with Crippen molar-refractivity contribution in [2.75, 3.05) is 10.6 Å². The summed E-state index contributed by atoms with van der Waals surface area (Å²) >= 11 is 0. The monoisotopic (exact) mass is 530 g/mol. The summed E-state index contributed by atoms with van der Waals surface area (Å²) in [5.74, 6) is -0.276. The lowest BCUT2D eigenvalue weighted by molar-refractivity contribution is 0.0980. The summed E-state index contributed by atoms with van der Waals surface area (Å²) in [4.78, 5) is 28.0. The van der Waals surface area contributed by atoms with Crippen LogP contribution in [0.3, 0.4) is 0 Å². The Hall–Kier alpha value is -4.18. The number of rotatable bonds is 8. The van der Waals surface area contributed by atoms with Gasteiger partial charge in [-0.05, 0) is 86.1 Å². The summed E-state index contributed by atoms with van der Waals surface area (Å²) in [5, 5.41) is 7.11. The summed E-state index contributed by atoms with van der Waals surface area (Å²) < 4.78 is 0. The van der Waals surface area contributed by atoms with E-state index in [1.807, 2.05) is 24.3 Å². The fourth-order valence-electron chi connectivity index (χ4n) is 6.07. The lowest BCUT2D eigenvalue weighted by Gasteiger charge is -2.25. The molecule has 4 heteroatoms. The Morgan fingerprint density at radius 3 is 1.23 bits per heavy atom. The van der Waals surface area contributed by atoms with Crippen LogP contribution in [0.4, 0.5) is 22.7 Å². The van der Waals surface area contributed by atoms with E-state index >= 15 is 0 Å². The maximum Gasteiger partial charge on any atom is 0.196 e. The lowest BCUT2D eigenvalue weighted by Crippen LogP contribution is -2.23. The Morgan fingerprint density at radius 1 is 0.550 bits per heavy atom. The van der Waals surface area contributed by atoms with Crippen LogP contribution in [0.2, 0.25) is 0 Å². The van der Waals surface area contributed by atoms with Crippen molar-refractivity contribution in [3.63, 3.8) is 0 Å². The number of carbonyl (C=O) groups is 2. The van der Waals surface area contributed by atoms with Gasteiger partial charge in [0.2, 0.25) is 0 Å². The number of hydrogen-bond acceptors (Lipinski definition) is 4. The predicted octanol–water partition coefficient (Wildman–Crippen LogP) is 9.09. The van der Waals surface area contributed by atoms with Crippen molar-refractivity contribution in [3.8, 4) is 0 Å². The van der Waals surface area contributed by atoms with Crippen molar-refractivity contribution in [1.29, 1.82) is 0 Å². The van der Waals surface area contributed by atoms with E-state index in [0.717, 1.165) is 59.3 Å². The van der Waals surface area contributed by atoms with Crippen LogP contribution < -0.4 is 10.6 Å². The molecule has 204 valence electrons. The third kappa shape index (κ3) is 4.95. The van der Waals surface area contributed by atoms with Crippen LogP contribution in [0.1, 0.15) is 91.9 Å². The van der Waals surface area contributed by atoms with Gasteiger partial charge in [-0.2, -0.15) is 0 Å². The maximum absolute atomic E-state index is 14.0. The number of anilines is 4. The van der Waals surface area contributed by atoms with Crippen molar-refractivity contribution in [3.05, 3.63) is 116 Å². The number of ketones is 2. The number of aryl methyl sites for hydroxylation is 6. The second-order valence-electron chi connectivity index (χ2n) is 11.1. The van der Waals surface area contributed by atoms with E-state index in [1.165, 1.54) is 11.1 Å². The van der Waals surface area contributed by atoms with Crippen LogP contribution in [0.25, 0.3) is 0 Å². The van der Waals surface area contributed by atoms with Gasteiger partial charge in [0.15, 0.2) is 11.6 Å². The molecule has 0 heterocycles. The van der Waals surface area contributed by atoms with Crippen LogP contribution in [-0.2, 0) is 12.8 Å². The van der Waals surface area contributed by atoms with Gasteiger partial charge in [0.05, 0.1) is 22.5 Å². The molecule has 0 fully saturated rings.